The largest absolute Gasteiger partial charge is 0.158 e. The molecule has 0 bridgehead atoms. The van der Waals surface area contributed by atoms with Gasteiger partial charge in [0.25, 0.3) is 0 Å². The predicted molar refractivity (Wildman–Crippen MR) is 56.4 cm³/mol. The molecule has 0 aromatic rings. The topological polar surface area (TPSA) is 0 Å². The van der Waals surface area contributed by atoms with Crippen molar-refractivity contribution in [3.8, 4) is 0 Å². The summed E-state index contributed by atoms with van der Waals surface area (Å²) in [4.78, 5) is 0. The van der Waals surface area contributed by atoms with Gasteiger partial charge in [0.05, 0.1) is 0 Å². The van der Waals surface area contributed by atoms with Crippen LogP contribution in [0, 0.1) is 5.92 Å². The fraction of sp³-hybridized carbons (Fsp3) is 0.909. The molecule has 0 spiro atoms. The molecule has 0 nitrogen and oxygen atoms in total. The Hall–Kier alpha value is 0.350. The van der Waals surface area contributed by atoms with Crippen molar-refractivity contribution in [2.24, 2.45) is 0 Å². The molecule has 0 amide bonds. The normalized spacial score (nSPS) is 33.5. The molecular formula is C11H19S. The summed E-state index contributed by atoms with van der Waals surface area (Å²) in [6, 6.07) is 0. The Balaban J connectivity index is 1.83. The van der Waals surface area contributed by atoms with E-state index in [0.717, 1.165) is 5.25 Å². The van der Waals surface area contributed by atoms with Crippen LogP contribution >= 0.6 is 11.8 Å². The average molecular weight is 183 g/mol. The van der Waals surface area contributed by atoms with Crippen molar-refractivity contribution in [3.63, 3.8) is 0 Å². The molecule has 2 fully saturated rings. The zero-order valence-electron chi connectivity index (χ0n) is 7.85. The van der Waals surface area contributed by atoms with E-state index >= 15 is 0 Å². The lowest BCUT2D eigenvalue weighted by Gasteiger charge is -2.19. The van der Waals surface area contributed by atoms with Gasteiger partial charge in [0.15, 0.2) is 0 Å². The lowest BCUT2D eigenvalue weighted by Crippen LogP contribution is -2.10. The van der Waals surface area contributed by atoms with E-state index < -0.39 is 0 Å². The second kappa shape index (κ2) is 4.55. The van der Waals surface area contributed by atoms with E-state index in [1.54, 1.807) is 0 Å². The summed E-state index contributed by atoms with van der Waals surface area (Å²) in [7, 11) is 0. The average Bonchev–Trinajstić information content (AvgIpc) is 2.48. The van der Waals surface area contributed by atoms with Crippen molar-refractivity contribution in [2.45, 2.75) is 56.6 Å². The summed E-state index contributed by atoms with van der Waals surface area (Å²) in [5.74, 6) is 3.34. The summed E-state index contributed by atoms with van der Waals surface area (Å²) >= 11 is 2.22. The van der Waals surface area contributed by atoms with Crippen LogP contribution in [0.15, 0.2) is 0 Å². The molecule has 0 N–H and O–H groups in total. The van der Waals surface area contributed by atoms with E-state index in [-0.39, 0.29) is 0 Å². The van der Waals surface area contributed by atoms with Crippen LogP contribution in [0.3, 0.4) is 0 Å². The maximum absolute atomic E-state index is 2.22. The number of hydrogen-bond donors (Lipinski definition) is 0. The Bertz CT molecular complexity index is 119. The van der Waals surface area contributed by atoms with Crippen molar-refractivity contribution >= 4 is 11.8 Å². The summed E-state index contributed by atoms with van der Waals surface area (Å²) in [5.41, 5.74) is 0. The van der Waals surface area contributed by atoms with Gasteiger partial charge in [0.2, 0.25) is 0 Å². The highest BCUT2D eigenvalue weighted by atomic mass is 32.2. The summed E-state index contributed by atoms with van der Waals surface area (Å²) in [6.07, 6.45) is 11.8. The Morgan fingerprint density at radius 2 is 1.67 bits per heavy atom. The second-order valence-electron chi connectivity index (χ2n) is 4.07. The van der Waals surface area contributed by atoms with Gasteiger partial charge < -0.3 is 0 Å². The number of thioether (sulfide) groups is 1. The highest BCUT2D eigenvalue weighted by Gasteiger charge is 2.26. The van der Waals surface area contributed by atoms with Gasteiger partial charge in [-0.15, -0.1) is 0 Å². The van der Waals surface area contributed by atoms with E-state index in [1.807, 2.05) is 5.92 Å². The first-order chi connectivity index (χ1) is 5.97. The molecule has 1 unspecified atom stereocenters. The van der Waals surface area contributed by atoms with Crippen molar-refractivity contribution < 1.29 is 0 Å². The van der Waals surface area contributed by atoms with Gasteiger partial charge in [0, 0.05) is 5.25 Å². The predicted octanol–water partition coefficient (Wildman–Crippen LogP) is 3.81. The lowest BCUT2D eigenvalue weighted by atomic mass is 9.94. The molecule has 1 saturated carbocycles. The molecule has 1 atom stereocenters. The van der Waals surface area contributed by atoms with Crippen LogP contribution in [-0.4, -0.2) is 11.0 Å². The van der Waals surface area contributed by atoms with Crippen molar-refractivity contribution in [2.75, 3.05) is 5.75 Å². The monoisotopic (exact) mass is 183 g/mol. The lowest BCUT2D eigenvalue weighted by molar-refractivity contribution is 0.654. The minimum Gasteiger partial charge on any atom is -0.158 e. The van der Waals surface area contributed by atoms with Gasteiger partial charge in [0.1, 0.15) is 0 Å². The Morgan fingerprint density at radius 3 is 2.25 bits per heavy atom. The van der Waals surface area contributed by atoms with Crippen LogP contribution in [0.2, 0.25) is 0 Å². The van der Waals surface area contributed by atoms with E-state index in [2.05, 4.69) is 11.8 Å². The molecule has 1 saturated heterocycles. The molecule has 1 heterocycles. The zero-order chi connectivity index (χ0) is 8.23. The maximum atomic E-state index is 2.22. The highest BCUT2D eigenvalue weighted by Crippen LogP contribution is 2.39. The smallest absolute Gasteiger partial charge is 0.0109 e. The van der Waals surface area contributed by atoms with Crippen molar-refractivity contribution in [1.29, 1.82) is 0 Å². The Morgan fingerprint density at radius 1 is 0.917 bits per heavy atom. The fourth-order valence-electron chi connectivity index (χ4n) is 2.40. The number of hydrogen-bond acceptors (Lipinski definition) is 1. The fourth-order valence-corrected chi connectivity index (χ4v) is 3.83. The SMILES string of the molecule is C1CCC[C](C2CCCS2)CC1. The summed E-state index contributed by atoms with van der Waals surface area (Å²) < 4.78 is 0. The van der Waals surface area contributed by atoms with Crippen LogP contribution < -0.4 is 0 Å². The third-order valence-electron chi connectivity index (χ3n) is 3.13. The molecule has 12 heavy (non-hydrogen) atoms. The first kappa shape index (κ1) is 8.93. The molecule has 69 valence electrons. The third kappa shape index (κ3) is 2.18. The molecule has 1 radical (unpaired) electrons. The summed E-state index contributed by atoms with van der Waals surface area (Å²) in [5, 5.41) is 0.975. The van der Waals surface area contributed by atoms with Crippen LogP contribution in [0.25, 0.3) is 0 Å². The zero-order valence-corrected chi connectivity index (χ0v) is 8.67. The van der Waals surface area contributed by atoms with Gasteiger partial charge in [-0.25, -0.2) is 0 Å². The third-order valence-corrected chi connectivity index (χ3v) is 4.63. The van der Waals surface area contributed by atoms with Gasteiger partial charge in [-0.05, 0) is 37.4 Å². The molecule has 1 aliphatic heterocycles. The minimum absolute atomic E-state index is 0.975. The molecule has 1 heteroatoms. The minimum atomic E-state index is 0.975. The molecule has 2 rings (SSSR count). The van der Waals surface area contributed by atoms with Gasteiger partial charge in [-0.2, -0.15) is 11.8 Å². The standard InChI is InChI=1S/C11H19S/c1-2-4-7-10(6-3-1)11-8-5-9-12-11/h11H,1-9H2. The molecule has 2 aliphatic rings. The van der Waals surface area contributed by atoms with Crippen molar-refractivity contribution in [3.05, 3.63) is 5.92 Å². The van der Waals surface area contributed by atoms with Crippen LogP contribution in [-0.2, 0) is 0 Å². The van der Waals surface area contributed by atoms with Crippen LogP contribution in [0.4, 0.5) is 0 Å². The second-order valence-corrected chi connectivity index (χ2v) is 5.38. The Kier molecular flexibility index (Phi) is 3.38. The van der Waals surface area contributed by atoms with Gasteiger partial charge >= 0.3 is 0 Å². The first-order valence-electron chi connectivity index (χ1n) is 5.43. The van der Waals surface area contributed by atoms with Crippen molar-refractivity contribution in [1.82, 2.24) is 0 Å². The van der Waals surface area contributed by atoms with Gasteiger partial charge in [-0.1, -0.05) is 25.7 Å². The highest BCUT2D eigenvalue weighted by molar-refractivity contribution is 8.00. The molecule has 1 aliphatic carbocycles. The van der Waals surface area contributed by atoms with E-state index in [1.165, 1.54) is 57.1 Å². The molecule has 0 aromatic heterocycles. The van der Waals surface area contributed by atoms with Crippen LogP contribution in [0.5, 0.6) is 0 Å². The number of rotatable bonds is 1. The summed E-state index contributed by atoms with van der Waals surface area (Å²) in [6.45, 7) is 0. The quantitative estimate of drug-likeness (QED) is 0.557. The van der Waals surface area contributed by atoms with E-state index in [9.17, 15) is 0 Å². The first-order valence-corrected chi connectivity index (χ1v) is 6.48. The molecule has 0 aromatic carbocycles. The van der Waals surface area contributed by atoms with Gasteiger partial charge in [-0.3, -0.25) is 0 Å². The Labute approximate surface area is 80.5 Å². The molecular weight excluding hydrogens is 164 g/mol. The van der Waals surface area contributed by atoms with E-state index in [4.69, 9.17) is 0 Å². The van der Waals surface area contributed by atoms with Crippen LogP contribution in [0.1, 0.15) is 51.4 Å². The van der Waals surface area contributed by atoms with E-state index in [0.29, 0.717) is 0 Å². The maximum Gasteiger partial charge on any atom is 0.0109 e.